The Morgan fingerprint density at radius 3 is 2.20 bits per heavy atom. The molecule has 7 nitrogen and oxygen atoms in total. The van der Waals surface area contributed by atoms with Crippen molar-refractivity contribution in [2.45, 2.75) is 33.7 Å². The highest BCUT2D eigenvalue weighted by Crippen LogP contribution is 2.15. The quantitative estimate of drug-likeness (QED) is 0.660. The van der Waals surface area contributed by atoms with Crippen LogP contribution in [-0.4, -0.2) is 52.8 Å². The number of anilines is 3. The first kappa shape index (κ1) is 16.4. The van der Waals surface area contributed by atoms with Crippen molar-refractivity contribution >= 4 is 17.8 Å². The summed E-state index contributed by atoms with van der Waals surface area (Å²) < 4.78 is 0. The van der Waals surface area contributed by atoms with Crippen LogP contribution in [0.3, 0.4) is 0 Å². The fourth-order valence-electron chi connectivity index (χ4n) is 1.69. The smallest absolute Gasteiger partial charge is 0.231 e. The Hall–Kier alpha value is -1.63. The van der Waals surface area contributed by atoms with Crippen LogP contribution in [0.1, 0.15) is 27.7 Å². The molecule has 1 aromatic rings. The standard InChI is InChI=1S/C13H26N6O/c1-6-19(7-2)13-17-11(14-5)16-12(18-13)15-10(4)9(3)8-20/h9-10,20H,6-8H2,1-5H3,(H2,14,15,16,17,18). The molecule has 1 aromatic heterocycles. The zero-order chi connectivity index (χ0) is 15.1. The molecule has 1 rings (SSSR count). The third-order valence-corrected chi connectivity index (χ3v) is 3.39. The van der Waals surface area contributed by atoms with Crippen LogP contribution < -0.4 is 15.5 Å². The van der Waals surface area contributed by atoms with Crippen LogP contribution in [0.2, 0.25) is 0 Å². The Labute approximate surface area is 120 Å². The van der Waals surface area contributed by atoms with Gasteiger partial charge < -0.3 is 20.6 Å². The lowest BCUT2D eigenvalue weighted by Crippen LogP contribution is -2.29. The van der Waals surface area contributed by atoms with Crippen molar-refractivity contribution in [3.63, 3.8) is 0 Å². The molecule has 1 heterocycles. The molecule has 2 atom stereocenters. The molecule has 7 heteroatoms. The molecule has 0 bridgehead atoms. The molecule has 20 heavy (non-hydrogen) atoms. The highest BCUT2D eigenvalue weighted by atomic mass is 16.3. The second kappa shape index (κ2) is 7.84. The van der Waals surface area contributed by atoms with E-state index in [-0.39, 0.29) is 18.6 Å². The highest BCUT2D eigenvalue weighted by Gasteiger charge is 2.15. The molecular formula is C13H26N6O. The fraction of sp³-hybridized carbons (Fsp3) is 0.769. The van der Waals surface area contributed by atoms with Crippen molar-refractivity contribution in [1.82, 2.24) is 15.0 Å². The van der Waals surface area contributed by atoms with E-state index in [1.165, 1.54) is 0 Å². The normalized spacial score (nSPS) is 13.7. The van der Waals surface area contributed by atoms with E-state index < -0.39 is 0 Å². The molecule has 0 aromatic carbocycles. The average Bonchev–Trinajstić information content (AvgIpc) is 2.47. The molecule has 0 aliphatic heterocycles. The van der Waals surface area contributed by atoms with Gasteiger partial charge in [-0.1, -0.05) is 6.92 Å². The minimum atomic E-state index is 0.0802. The number of hydrogen-bond acceptors (Lipinski definition) is 7. The summed E-state index contributed by atoms with van der Waals surface area (Å²) in [6.45, 7) is 9.91. The zero-order valence-electron chi connectivity index (χ0n) is 13.0. The van der Waals surface area contributed by atoms with Gasteiger partial charge in [-0.05, 0) is 26.7 Å². The van der Waals surface area contributed by atoms with Gasteiger partial charge >= 0.3 is 0 Å². The second-order valence-electron chi connectivity index (χ2n) is 4.80. The van der Waals surface area contributed by atoms with Crippen LogP contribution in [0.4, 0.5) is 17.8 Å². The lowest BCUT2D eigenvalue weighted by molar-refractivity contribution is 0.226. The summed E-state index contributed by atoms with van der Waals surface area (Å²) in [5.41, 5.74) is 0. The van der Waals surface area contributed by atoms with Crippen molar-refractivity contribution in [3.05, 3.63) is 0 Å². The van der Waals surface area contributed by atoms with Crippen molar-refractivity contribution in [2.24, 2.45) is 5.92 Å². The predicted octanol–water partition coefficient (Wildman–Crippen LogP) is 1.19. The Balaban J connectivity index is 2.98. The van der Waals surface area contributed by atoms with Crippen LogP contribution >= 0.6 is 0 Å². The lowest BCUT2D eigenvalue weighted by Gasteiger charge is -2.22. The van der Waals surface area contributed by atoms with E-state index in [0.717, 1.165) is 13.1 Å². The van der Waals surface area contributed by atoms with Crippen LogP contribution in [0.5, 0.6) is 0 Å². The topological polar surface area (TPSA) is 86.2 Å². The van der Waals surface area contributed by atoms with Gasteiger partial charge in [0.1, 0.15) is 0 Å². The molecule has 2 unspecified atom stereocenters. The number of rotatable bonds is 8. The predicted molar refractivity (Wildman–Crippen MR) is 82.3 cm³/mol. The fourth-order valence-corrected chi connectivity index (χ4v) is 1.69. The Morgan fingerprint density at radius 1 is 1.10 bits per heavy atom. The molecular weight excluding hydrogens is 256 g/mol. The molecule has 0 aliphatic rings. The number of hydrogen-bond donors (Lipinski definition) is 3. The van der Waals surface area contributed by atoms with Crippen molar-refractivity contribution in [1.29, 1.82) is 0 Å². The lowest BCUT2D eigenvalue weighted by atomic mass is 10.1. The maximum Gasteiger partial charge on any atom is 0.231 e. The van der Waals surface area contributed by atoms with Gasteiger partial charge in [-0.2, -0.15) is 15.0 Å². The SMILES string of the molecule is CCN(CC)c1nc(NC)nc(NC(C)C(C)CO)n1. The van der Waals surface area contributed by atoms with E-state index in [9.17, 15) is 5.11 Å². The number of nitrogens with one attached hydrogen (secondary N) is 2. The Kier molecular flexibility index (Phi) is 6.44. The third-order valence-electron chi connectivity index (χ3n) is 3.39. The molecule has 0 spiro atoms. The summed E-state index contributed by atoms with van der Waals surface area (Å²) in [5.74, 6) is 1.84. The van der Waals surface area contributed by atoms with E-state index in [0.29, 0.717) is 17.8 Å². The molecule has 3 N–H and O–H groups in total. The van der Waals surface area contributed by atoms with Crippen LogP contribution in [-0.2, 0) is 0 Å². The van der Waals surface area contributed by atoms with E-state index >= 15 is 0 Å². The molecule has 0 aliphatic carbocycles. The van der Waals surface area contributed by atoms with Gasteiger partial charge in [-0.25, -0.2) is 0 Å². The molecule has 114 valence electrons. The third kappa shape index (κ3) is 4.19. The van der Waals surface area contributed by atoms with E-state index in [1.54, 1.807) is 7.05 Å². The first-order valence-electron chi connectivity index (χ1n) is 7.11. The maximum atomic E-state index is 9.19. The largest absolute Gasteiger partial charge is 0.396 e. The Morgan fingerprint density at radius 2 is 1.70 bits per heavy atom. The van der Waals surface area contributed by atoms with Crippen LogP contribution in [0, 0.1) is 5.92 Å². The van der Waals surface area contributed by atoms with Crippen molar-refractivity contribution in [2.75, 3.05) is 42.3 Å². The molecule has 0 amide bonds. The summed E-state index contributed by atoms with van der Waals surface area (Å²) in [7, 11) is 1.78. The van der Waals surface area contributed by atoms with Crippen LogP contribution in [0.15, 0.2) is 0 Å². The van der Waals surface area contributed by atoms with Gasteiger partial charge in [0, 0.05) is 32.8 Å². The zero-order valence-corrected chi connectivity index (χ0v) is 13.0. The monoisotopic (exact) mass is 282 g/mol. The average molecular weight is 282 g/mol. The van der Waals surface area contributed by atoms with Crippen molar-refractivity contribution < 1.29 is 5.11 Å². The summed E-state index contributed by atoms with van der Waals surface area (Å²) in [6.07, 6.45) is 0. The van der Waals surface area contributed by atoms with Crippen LogP contribution in [0.25, 0.3) is 0 Å². The van der Waals surface area contributed by atoms with E-state index in [1.807, 2.05) is 13.8 Å². The minimum absolute atomic E-state index is 0.0802. The Bertz CT molecular complexity index is 410. The minimum Gasteiger partial charge on any atom is -0.396 e. The number of aliphatic hydroxyl groups is 1. The number of aromatic nitrogens is 3. The van der Waals surface area contributed by atoms with Crippen molar-refractivity contribution in [3.8, 4) is 0 Å². The van der Waals surface area contributed by atoms with E-state index in [4.69, 9.17) is 0 Å². The van der Waals surface area contributed by atoms with Gasteiger partial charge in [0.2, 0.25) is 17.8 Å². The highest BCUT2D eigenvalue weighted by molar-refractivity contribution is 5.43. The second-order valence-corrected chi connectivity index (χ2v) is 4.80. The molecule has 0 radical (unpaired) electrons. The number of aliphatic hydroxyl groups excluding tert-OH is 1. The van der Waals surface area contributed by atoms with E-state index in [2.05, 4.69) is 44.3 Å². The summed E-state index contributed by atoms with van der Waals surface area (Å²) in [6, 6.07) is 0.0802. The number of nitrogens with zero attached hydrogens (tertiary/aromatic N) is 4. The molecule has 0 fully saturated rings. The van der Waals surface area contributed by atoms with Gasteiger partial charge in [-0.15, -0.1) is 0 Å². The van der Waals surface area contributed by atoms with Gasteiger partial charge in [-0.3, -0.25) is 0 Å². The summed E-state index contributed by atoms with van der Waals surface area (Å²) >= 11 is 0. The van der Waals surface area contributed by atoms with Gasteiger partial charge in [0.05, 0.1) is 0 Å². The summed E-state index contributed by atoms with van der Waals surface area (Å²) in [4.78, 5) is 15.2. The maximum absolute atomic E-state index is 9.19. The first-order valence-corrected chi connectivity index (χ1v) is 7.11. The first-order chi connectivity index (χ1) is 9.55. The van der Waals surface area contributed by atoms with Gasteiger partial charge in [0.25, 0.3) is 0 Å². The summed E-state index contributed by atoms with van der Waals surface area (Å²) in [5, 5.41) is 15.4. The van der Waals surface area contributed by atoms with Gasteiger partial charge in [0.15, 0.2) is 0 Å². The molecule has 0 saturated carbocycles. The molecule has 0 saturated heterocycles.